The Morgan fingerprint density at radius 1 is 1.00 bits per heavy atom. The summed E-state index contributed by atoms with van der Waals surface area (Å²) in [7, 11) is 1.51. The van der Waals surface area contributed by atoms with Crippen LogP contribution in [0.4, 0.5) is 0 Å². The molecule has 2 aromatic rings. The number of hydrogen-bond acceptors (Lipinski definition) is 7. The summed E-state index contributed by atoms with van der Waals surface area (Å²) in [6.07, 6.45) is 3.96. The number of hydrogen-bond donors (Lipinski definition) is 4. The predicted molar refractivity (Wildman–Crippen MR) is 193 cm³/mol. The van der Waals surface area contributed by atoms with Gasteiger partial charge in [-0.15, -0.1) is 11.6 Å². The van der Waals surface area contributed by atoms with E-state index < -0.39 is 58.8 Å². The van der Waals surface area contributed by atoms with Gasteiger partial charge in [-0.3, -0.25) is 14.4 Å². The third-order valence-electron chi connectivity index (χ3n) is 9.68. The molecule has 1 saturated carbocycles. The van der Waals surface area contributed by atoms with Crippen molar-refractivity contribution in [2.45, 2.75) is 95.4 Å². The maximum atomic E-state index is 14.0. The maximum absolute atomic E-state index is 14.0. The van der Waals surface area contributed by atoms with E-state index in [0.29, 0.717) is 41.2 Å². The number of aliphatic hydroxyl groups excluding tert-OH is 1. The number of amides is 3. The van der Waals surface area contributed by atoms with Gasteiger partial charge in [-0.1, -0.05) is 87.7 Å². The van der Waals surface area contributed by atoms with Crippen LogP contribution in [0.3, 0.4) is 0 Å². The minimum absolute atomic E-state index is 0.0368. The Hall–Kier alpha value is -3.60. The van der Waals surface area contributed by atoms with E-state index in [2.05, 4.69) is 16.0 Å². The largest absolute Gasteiger partial charge is 0.495 e. The molecule has 0 unspecified atom stereocenters. The molecule has 4 rings (SSSR count). The van der Waals surface area contributed by atoms with Crippen molar-refractivity contribution in [1.82, 2.24) is 16.0 Å². The zero-order chi connectivity index (χ0) is 36.4. The van der Waals surface area contributed by atoms with Crippen molar-refractivity contribution in [2.75, 3.05) is 13.7 Å². The van der Waals surface area contributed by atoms with E-state index in [1.807, 2.05) is 44.2 Å². The van der Waals surface area contributed by atoms with E-state index in [9.17, 15) is 24.3 Å². The number of carbonyl (C=O) groups is 4. The lowest BCUT2D eigenvalue weighted by Crippen LogP contribution is -2.55. The molecule has 2 aromatic carbocycles. The van der Waals surface area contributed by atoms with Crippen LogP contribution in [0, 0.1) is 17.3 Å². The van der Waals surface area contributed by atoms with Crippen molar-refractivity contribution in [3.63, 3.8) is 0 Å². The number of ether oxygens (including phenoxy) is 2. The molecular formula is C38H49Cl2N3O7. The summed E-state index contributed by atoms with van der Waals surface area (Å²) >= 11 is 13.1. The normalized spacial score (nSPS) is 23.8. The highest BCUT2D eigenvalue weighted by molar-refractivity contribution is 6.32. The van der Waals surface area contributed by atoms with Gasteiger partial charge in [0.25, 0.3) is 0 Å². The first-order valence-electron chi connectivity index (χ1n) is 17.3. The first-order valence-corrected chi connectivity index (χ1v) is 18.1. The number of esters is 1. The Morgan fingerprint density at radius 2 is 1.70 bits per heavy atom. The van der Waals surface area contributed by atoms with Crippen molar-refractivity contribution in [3.05, 3.63) is 76.8 Å². The van der Waals surface area contributed by atoms with Crippen molar-refractivity contribution >= 4 is 46.9 Å². The molecular weight excluding hydrogens is 681 g/mol. The molecule has 12 heteroatoms. The fourth-order valence-electron chi connectivity index (χ4n) is 6.65. The van der Waals surface area contributed by atoms with Crippen LogP contribution in [0.2, 0.25) is 5.02 Å². The molecule has 0 saturated heterocycles. The number of alkyl halides is 1. The lowest BCUT2D eigenvalue weighted by Gasteiger charge is -2.33. The molecule has 0 bridgehead atoms. The lowest BCUT2D eigenvalue weighted by molar-refractivity contribution is -0.158. The third kappa shape index (κ3) is 10.2. The van der Waals surface area contributed by atoms with Gasteiger partial charge in [0, 0.05) is 25.3 Å². The molecule has 10 nitrogen and oxygen atoms in total. The summed E-state index contributed by atoms with van der Waals surface area (Å²) in [6, 6.07) is 12.3. The summed E-state index contributed by atoms with van der Waals surface area (Å²) in [6.45, 7) is 5.67. The molecule has 1 aliphatic heterocycles. The zero-order valence-corrected chi connectivity index (χ0v) is 30.6. The fourth-order valence-corrected chi connectivity index (χ4v) is 7.30. The van der Waals surface area contributed by atoms with E-state index in [1.54, 1.807) is 25.1 Å². The second kappa shape index (κ2) is 18.1. The van der Waals surface area contributed by atoms with Crippen LogP contribution in [-0.2, 0) is 30.3 Å². The van der Waals surface area contributed by atoms with E-state index in [1.165, 1.54) is 19.3 Å². The van der Waals surface area contributed by atoms with Gasteiger partial charge in [-0.05, 0) is 54.5 Å². The molecule has 1 aliphatic carbocycles. The van der Waals surface area contributed by atoms with Crippen LogP contribution in [-0.4, -0.2) is 66.7 Å². The topological polar surface area (TPSA) is 143 Å². The number of cyclic esters (lactones) is 1. The number of rotatable bonds is 9. The highest BCUT2D eigenvalue weighted by atomic mass is 35.5. The van der Waals surface area contributed by atoms with Gasteiger partial charge >= 0.3 is 5.97 Å². The Balaban J connectivity index is 1.67. The highest BCUT2D eigenvalue weighted by Crippen LogP contribution is 2.38. The second-order valence-electron chi connectivity index (χ2n) is 13.9. The number of benzene rings is 2. The maximum Gasteiger partial charge on any atom is 0.328 e. The second-order valence-corrected chi connectivity index (χ2v) is 14.7. The summed E-state index contributed by atoms with van der Waals surface area (Å²) in [5.41, 5.74) is 0.463. The average Bonchev–Trinajstić information content (AvgIpc) is 3.59. The standard InChI is InChI=1S/C38H49Cl2N3O7/c1-23(2)19-29-36(47)50-30(24(3)34(45)33(40)26-11-6-5-7-12-26)13-10-14-32(44)42-28(21-25-15-16-31(49-4)27(39)20-25)35(46)41-22-38(37(48)43-29)17-8-9-18-38/h5-7,10-12,14-16,20,23-24,28-30,33-34,45H,8-9,13,17-19,21-22H2,1-4H3,(H,41,46)(H,42,44)(H,43,48)/t24-,28+,29-,30-,33-,34+/m0/s1. The first kappa shape index (κ1) is 39.2. The average molecular weight is 731 g/mol. The minimum Gasteiger partial charge on any atom is -0.495 e. The monoisotopic (exact) mass is 729 g/mol. The number of halogens is 2. The molecule has 272 valence electrons. The molecule has 0 radical (unpaired) electrons. The molecule has 50 heavy (non-hydrogen) atoms. The molecule has 1 heterocycles. The van der Waals surface area contributed by atoms with Crippen molar-refractivity contribution in [3.8, 4) is 5.75 Å². The van der Waals surface area contributed by atoms with Crippen molar-refractivity contribution < 1.29 is 33.8 Å². The molecule has 0 aromatic heterocycles. The first-order chi connectivity index (χ1) is 23.8. The van der Waals surface area contributed by atoms with Gasteiger partial charge < -0.3 is 30.5 Å². The van der Waals surface area contributed by atoms with E-state index in [-0.39, 0.29) is 31.2 Å². The van der Waals surface area contributed by atoms with Gasteiger partial charge in [0.2, 0.25) is 17.7 Å². The van der Waals surface area contributed by atoms with Crippen LogP contribution in [0.5, 0.6) is 5.75 Å². The number of nitrogens with one attached hydrogen (secondary N) is 3. The summed E-state index contributed by atoms with van der Waals surface area (Å²) < 4.78 is 11.3. The van der Waals surface area contributed by atoms with Crippen molar-refractivity contribution in [1.29, 1.82) is 0 Å². The summed E-state index contributed by atoms with van der Waals surface area (Å²) in [4.78, 5) is 54.8. The quantitative estimate of drug-likeness (QED) is 0.199. The SMILES string of the molecule is COc1ccc(C[C@H]2NC(=O)C=CC[C@@H]([C@H](C)[C@@H](O)[C@@H](Cl)c3ccccc3)OC(=O)[C@H](CC(C)C)NC(=O)C3(CCCC3)CNC2=O)cc1Cl. The fraction of sp³-hybridized carbons (Fsp3) is 0.526. The number of carbonyl (C=O) groups excluding carboxylic acids is 4. The summed E-state index contributed by atoms with van der Waals surface area (Å²) in [5.74, 6) is -2.10. The van der Waals surface area contributed by atoms with Crippen LogP contribution in [0.25, 0.3) is 0 Å². The van der Waals surface area contributed by atoms with Gasteiger partial charge in [-0.2, -0.15) is 0 Å². The van der Waals surface area contributed by atoms with Gasteiger partial charge in [0.1, 0.15) is 23.9 Å². The number of methoxy groups -OCH3 is 1. The third-order valence-corrected chi connectivity index (χ3v) is 10.5. The lowest BCUT2D eigenvalue weighted by atomic mass is 9.84. The highest BCUT2D eigenvalue weighted by Gasteiger charge is 2.44. The van der Waals surface area contributed by atoms with Crippen LogP contribution in [0.15, 0.2) is 60.7 Å². The van der Waals surface area contributed by atoms with Gasteiger partial charge in [0.15, 0.2) is 0 Å². The van der Waals surface area contributed by atoms with Gasteiger partial charge in [-0.25, -0.2) is 4.79 Å². The Labute approximate surface area is 304 Å². The molecule has 1 fully saturated rings. The zero-order valence-electron chi connectivity index (χ0n) is 29.1. The van der Waals surface area contributed by atoms with Crippen LogP contribution in [0.1, 0.15) is 75.8 Å². The van der Waals surface area contributed by atoms with Crippen molar-refractivity contribution in [2.24, 2.45) is 17.3 Å². The summed E-state index contributed by atoms with van der Waals surface area (Å²) in [5, 5.41) is 19.6. The number of aliphatic hydroxyl groups is 1. The minimum atomic E-state index is -1.12. The van der Waals surface area contributed by atoms with E-state index in [4.69, 9.17) is 32.7 Å². The smallest absolute Gasteiger partial charge is 0.328 e. The van der Waals surface area contributed by atoms with Crippen LogP contribution < -0.4 is 20.7 Å². The molecule has 4 N–H and O–H groups in total. The molecule has 3 amide bonds. The van der Waals surface area contributed by atoms with Gasteiger partial charge in [0.05, 0.1) is 29.0 Å². The molecule has 6 atom stereocenters. The Morgan fingerprint density at radius 3 is 2.34 bits per heavy atom. The van der Waals surface area contributed by atoms with E-state index >= 15 is 0 Å². The molecule has 1 spiro atoms. The predicted octanol–water partition coefficient (Wildman–Crippen LogP) is 5.43. The van der Waals surface area contributed by atoms with Crippen LogP contribution >= 0.6 is 23.2 Å². The molecule has 2 aliphatic rings. The Kier molecular flexibility index (Phi) is 14.2. The van der Waals surface area contributed by atoms with E-state index in [0.717, 1.165) is 12.8 Å². The Bertz CT molecular complexity index is 1510.